The third kappa shape index (κ3) is 1.82. The van der Waals surface area contributed by atoms with Gasteiger partial charge in [-0.25, -0.2) is 4.98 Å². The molecule has 17 heavy (non-hydrogen) atoms. The summed E-state index contributed by atoms with van der Waals surface area (Å²) in [4.78, 5) is 7.81. The molecule has 1 saturated heterocycles. The van der Waals surface area contributed by atoms with Crippen LogP contribution in [-0.4, -0.2) is 16.6 Å². The molecule has 2 heterocycles. The maximum absolute atomic E-state index is 5.98. The standard InChI is InChI=1S/C12H12Cl2N2O/c1-12(3-2-4-17-12)11-15-9-5-7(13)8(14)6-10(9)16-11/h5-6H,2-4H2,1H3,(H,15,16). The molecule has 1 aromatic carbocycles. The minimum atomic E-state index is -0.308. The number of nitrogens with one attached hydrogen (secondary N) is 1. The second kappa shape index (κ2) is 3.87. The van der Waals surface area contributed by atoms with E-state index in [1.54, 1.807) is 12.1 Å². The first-order valence-corrected chi connectivity index (χ1v) is 6.33. The van der Waals surface area contributed by atoms with Crippen molar-refractivity contribution in [2.75, 3.05) is 6.61 Å². The van der Waals surface area contributed by atoms with E-state index in [-0.39, 0.29) is 5.60 Å². The van der Waals surface area contributed by atoms with Crippen LogP contribution in [0.15, 0.2) is 12.1 Å². The van der Waals surface area contributed by atoms with Crippen molar-refractivity contribution < 1.29 is 4.74 Å². The molecule has 0 saturated carbocycles. The van der Waals surface area contributed by atoms with Crippen LogP contribution in [0, 0.1) is 0 Å². The van der Waals surface area contributed by atoms with Gasteiger partial charge in [-0.2, -0.15) is 0 Å². The van der Waals surface area contributed by atoms with E-state index < -0.39 is 0 Å². The predicted molar refractivity (Wildman–Crippen MR) is 68.7 cm³/mol. The van der Waals surface area contributed by atoms with E-state index in [0.29, 0.717) is 10.0 Å². The molecule has 1 unspecified atom stereocenters. The van der Waals surface area contributed by atoms with Gasteiger partial charge >= 0.3 is 0 Å². The zero-order chi connectivity index (χ0) is 12.0. The van der Waals surface area contributed by atoms with Crippen molar-refractivity contribution in [1.29, 1.82) is 0 Å². The Morgan fingerprint density at radius 1 is 1.35 bits per heavy atom. The lowest BCUT2D eigenvalue weighted by molar-refractivity contribution is 0.0103. The summed E-state index contributed by atoms with van der Waals surface area (Å²) >= 11 is 12.0. The fourth-order valence-corrected chi connectivity index (χ4v) is 2.54. The molecule has 1 aromatic heterocycles. The SMILES string of the molecule is CC1(c2nc3cc(Cl)c(Cl)cc3[nH]2)CCCO1. The molecule has 3 nitrogen and oxygen atoms in total. The number of ether oxygens (including phenoxy) is 1. The molecular formula is C12H12Cl2N2O. The van der Waals surface area contributed by atoms with Crippen LogP contribution in [0.5, 0.6) is 0 Å². The highest BCUT2D eigenvalue weighted by atomic mass is 35.5. The summed E-state index contributed by atoms with van der Waals surface area (Å²) in [5.74, 6) is 0.850. The van der Waals surface area contributed by atoms with Gasteiger partial charge in [0.1, 0.15) is 11.4 Å². The van der Waals surface area contributed by atoms with Crippen molar-refractivity contribution in [3.63, 3.8) is 0 Å². The van der Waals surface area contributed by atoms with E-state index in [9.17, 15) is 0 Å². The van der Waals surface area contributed by atoms with Gasteiger partial charge in [0.2, 0.25) is 0 Å². The summed E-state index contributed by atoms with van der Waals surface area (Å²) in [7, 11) is 0. The van der Waals surface area contributed by atoms with Crippen molar-refractivity contribution >= 4 is 34.2 Å². The average Bonchev–Trinajstić information content (AvgIpc) is 2.87. The van der Waals surface area contributed by atoms with Crippen molar-refractivity contribution in [1.82, 2.24) is 9.97 Å². The quantitative estimate of drug-likeness (QED) is 0.854. The van der Waals surface area contributed by atoms with Gasteiger partial charge < -0.3 is 9.72 Å². The van der Waals surface area contributed by atoms with Crippen molar-refractivity contribution in [3.8, 4) is 0 Å². The molecule has 2 aromatic rings. The number of rotatable bonds is 1. The molecule has 3 rings (SSSR count). The molecule has 90 valence electrons. The number of aromatic nitrogens is 2. The fraction of sp³-hybridized carbons (Fsp3) is 0.417. The van der Waals surface area contributed by atoms with E-state index in [1.807, 2.05) is 0 Å². The number of hydrogen-bond donors (Lipinski definition) is 1. The number of imidazole rings is 1. The number of nitrogens with zero attached hydrogens (tertiary/aromatic N) is 1. The lowest BCUT2D eigenvalue weighted by Gasteiger charge is -2.19. The Hall–Kier alpha value is -0.770. The maximum atomic E-state index is 5.98. The van der Waals surface area contributed by atoms with Crippen molar-refractivity contribution in [2.45, 2.75) is 25.4 Å². The Morgan fingerprint density at radius 2 is 2.12 bits per heavy atom. The number of halogens is 2. The molecule has 1 aliphatic rings. The minimum absolute atomic E-state index is 0.308. The molecule has 0 amide bonds. The zero-order valence-electron chi connectivity index (χ0n) is 9.39. The Morgan fingerprint density at radius 3 is 2.82 bits per heavy atom. The molecule has 1 N–H and O–H groups in total. The summed E-state index contributed by atoms with van der Waals surface area (Å²) in [5, 5.41) is 1.06. The monoisotopic (exact) mass is 270 g/mol. The number of fused-ring (bicyclic) bond motifs is 1. The van der Waals surface area contributed by atoms with E-state index in [1.165, 1.54) is 0 Å². The third-order valence-corrected chi connectivity index (χ3v) is 3.97. The van der Waals surface area contributed by atoms with Crippen LogP contribution in [-0.2, 0) is 10.3 Å². The van der Waals surface area contributed by atoms with Crippen LogP contribution in [0.2, 0.25) is 10.0 Å². The van der Waals surface area contributed by atoms with Crippen LogP contribution in [0.3, 0.4) is 0 Å². The second-order valence-electron chi connectivity index (χ2n) is 4.55. The first-order chi connectivity index (χ1) is 8.08. The van der Waals surface area contributed by atoms with Crippen molar-refractivity contribution in [2.24, 2.45) is 0 Å². The van der Waals surface area contributed by atoms with Crippen LogP contribution in [0.25, 0.3) is 11.0 Å². The van der Waals surface area contributed by atoms with Crippen LogP contribution in [0.4, 0.5) is 0 Å². The van der Waals surface area contributed by atoms with Gasteiger partial charge in [0, 0.05) is 6.61 Å². The molecular weight excluding hydrogens is 259 g/mol. The maximum Gasteiger partial charge on any atom is 0.139 e. The Balaban J connectivity index is 2.13. The van der Waals surface area contributed by atoms with Crippen LogP contribution >= 0.6 is 23.2 Å². The van der Waals surface area contributed by atoms with Crippen molar-refractivity contribution in [3.05, 3.63) is 28.0 Å². The Kier molecular flexibility index (Phi) is 2.58. The molecule has 1 fully saturated rings. The van der Waals surface area contributed by atoms with Gasteiger partial charge in [0.15, 0.2) is 0 Å². The van der Waals surface area contributed by atoms with Crippen LogP contribution in [0.1, 0.15) is 25.6 Å². The summed E-state index contributed by atoms with van der Waals surface area (Å²) in [6, 6.07) is 3.57. The normalized spacial score (nSPS) is 24.6. The largest absolute Gasteiger partial charge is 0.367 e. The molecule has 0 spiro atoms. The van der Waals surface area contributed by atoms with Crippen LogP contribution < -0.4 is 0 Å². The summed E-state index contributed by atoms with van der Waals surface area (Å²) in [6.45, 7) is 2.84. The minimum Gasteiger partial charge on any atom is -0.367 e. The highest BCUT2D eigenvalue weighted by molar-refractivity contribution is 6.42. The predicted octanol–water partition coefficient (Wildman–Crippen LogP) is 3.90. The molecule has 0 radical (unpaired) electrons. The summed E-state index contributed by atoms with van der Waals surface area (Å²) in [5.41, 5.74) is 1.41. The smallest absolute Gasteiger partial charge is 0.139 e. The zero-order valence-corrected chi connectivity index (χ0v) is 10.9. The van der Waals surface area contributed by atoms with Gasteiger partial charge in [-0.15, -0.1) is 0 Å². The lowest BCUT2D eigenvalue weighted by Crippen LogP contribution is -2.21. The molecule has 1 aliphatic heterocycles. The molecule has 5 heteroatoms. The Labute approximate surface area is 109 Å². The lowest BCUT2D eigenvalue weighted by atomic mass is 10.0. The van der Waals surface area contributed by atoms with Gasteiger partial charge in [0.25, 0.3) is 0 Å². The molecule has 0 bridgehead atoms. The molecule has 1 atom stereocenters. The highest BCUT2D eigenvalue weighted by Gasteiger charge is 2.34. The fourth-order valence-electron chi connectivity index (χ4n) is 2.22. The number of H-pyrrole nitrogens is 1. The second-order valence-corrected chi connectivity index (χ2v) is 5.37. The van der Waals surface area contributed by atoms with Gasteiger partial charge in [0.05, 0.1) is 21.1 Å². The van der Waals surface area contributed by atoms with E-state index in [0.717, 1.165) is 36.3 Å². The summed E-state index contributed by atoms with van der Waals surface area (Å²) < 4.78 is 5.76. The van der Waals surface area contributed by atoms with Gasteiger partial charge in [-0.3, -0.25) is 0 Å². The third-order valence-electron chi connectivity index (χ3n) is 3.24. The number of hydrogen-bond acceptors (Lipinski definition) is 2. The number of benzene rings is 1. The summed E-state index contributed by atoms with van der Waals surface area (Å²) in [6.07, 6.45) is 2.04. The van der Waals surface area contributed by atoms with E-state index in [4.69, 9.17) is 27.9 Å². The van der Waals surface area contributed by atoms with Gasteiger partial charge in [-0.05, 0) is 31.9 Å². The van der Waals surface area contributed by atoms with E-state index >= 15 is 0 Å². The van der Waals surface area contributed by atoms with E-state index in [2.05, 4.69) is 16.9 Å². The topological polar surface area (TPSA) is 37.9 Å². The van der Waals surface area contributed by atoms with Gasteiger partial charge in [-0.1, -0.05) is 23.2 Å². The first kappa shape index (κ1) is 11.3. The highest BCUT2D eigenvalue weighted by Crippen LogP contribution is 2.35. The number of aromatic amines is 1. The first-order valence-electron chi connectivity index (χ1n) is 5.58. The Bertz CT molecular complexity index is 534. The average molecular weight is 271 g/mol. The molecule has 0 aliphatic carbocycles.